The van der Waals surface area contributed by atoms with Crippen molar-refractivity contribution in [3.63, 3.8) is 0 Å². The topological polar surface area (TPSA) is 155 Å². The number of amides is 1. The summed E-state index contributed by atoms with van der Waals surface area (Å²) in [5, 5.41) is 17.2. The van der Waals surface area contributed by atoms with Gasteiger partial charge in [0, 0.05) is 37.9 Å². The molecule has 4 heterocycles. The number of alkyl halides is 6. The van der Waals surface area contributed by atoms with Crippen LogP contribution in [0.2, 0.25) is 0 Å². The van der Waals surface area contributed by atoms with E-state index in [1.54, 1.807) is 24.8 Å². The third kappa shape index (κ3) is 9.99. The summed E-state index contributed by atoms with van der Waals surface area (Å²) >= 11 is 0. The maximum absolute atomic E-state index is 12.4. The second kappa shape index (κ2) is 13.7. The summed E-state index contributed by atoms with van der Waals surface area (Å²) in [5.74, 6) is -4.81. The van der Waals surface area contributed by atoms with Crippen LogP contribution in [0.1, 0.15) is 24.8 Å². The highest BCUT2D eigenvalue weighted by Gasteiger charge is 2.42. The van der Waals surface area contributed by atoms with Crippen LogP contribution in [0.15, 0.2) is 43.0 Å². The van der Waals surface area contributed by atoms with Gasteiger partial charge in [-0.3, -0.25) is 9.78 Å². The van der Waals surface area contributed by atoms with Crippen LogP contribution < -0.4 is 10.2 Å². The number of halogens is 6. The number of carboxylic acids is 2. The summed E-state index contributed by atoms with van der Waals surface area (Å²) < 4.78 is 69.6. The van der Waals surface area contributed by atoms with E-state index in [9.17, 15) is 31.1 Å². The van der Waals surface area contributed by atoms with Crippen LogP contribution >= 0.6 is 0 Å². The third-order valence-electron chi connectivity index (χ3n) is 5.32. The van der Waals surface area contributed by atoms with Gasteiger partial charge >= 0.3 is 24.3 Å². The molecule has 11 nitrogen and oxygen atoms in total. The van der Waals surface area contributed by atoms with Crippen molar-refractivity contribution in [3.8, 4) is 0 Å². The van der Waals surface area contributed by atoms with Crippen molar-refractivity contribution in [1.29, 1.82) is 0 Å². The highest BCUT2D eigenvalue weighted by atomic mass is 19.4. The molecule has 39 heavy (non-hydrogen) atoms. The van der Waals surface area contributed by atoms with Crippen LogP contribution in [-0.4, -0.2) is 80.2 Å². The first-order valence-corrected chi connectivity index (χ1v) is 11.2. The number of ether oxygens (including phenoxy) is 1. The Kier molecular flexibility index (Phi) is 10.9. The van der Waals surface area contributed by atoms with Gasteiger partial charge in [-0.1, -0.05) is 6.07 Å². The van der Waals surface area contributed by atoms with E-state index in [2.05, 4.69) is 25.2 Å². The van der Waals surface area contributed by atoms with Crippen LogP contribution in [0.3, 0.4) is 0 Å². The highest BCUT2D eigenvalue weighted by Crippen LogP contribution is 2.33. The normalized spacial score (nSPS) is 20.4. The number of nitrogens with one attached hydrogen (secondary N) is 1. The Morgan fingerprint density at radius 1 is 0.949 bits per heavy atom. The standard InChI is InChI=1S/C18H21N5O2.2C2HF3O2/c24-17(22-12-13-3-1-7-19-11-13)16-5-4-14-15(25-16)6-10-23(14)18-20-8-2-9-21-18;2*3-2(4,5)1(6)7/h1-3,7-9,11,14-16H,4-6,10,12H2,(H,22,24);2*(H,6,7)/t14-,15-,16+;;/m1../s1. The lowest BCUT2D eigenvalue weighted by atomic mass is 9.98. The van der Waals surface area contributed by atoms with E-state index in [1.165, 1.54) is 0 Å². The SMILES string of the molecule is O=C(NCc1cccnc1)[C@@H]1CC[C@@H]2[C@@H](CCN2c2ncccn2)O1.O=C(O)C(F)(F)F.O=C(O)C(F)(F)F. The number of hydrogen-bond acceptors (Lipinski definition) is 8. The molecule has 2 fully saturated rings. The predicted molar refractivity (Wildman–Crippen MR) is 119 cm³/mol. The lowest BCUT2D eigenvalue weighted by Gasteiger charge is -2.35. The minimum Gasteiger partial charge on any atom is -0.475 e. The predicted octanol–water partition coefficient (Wildman–Crippen LogP) is 2.58. The van der Waals surface area contributed by atoms with Gasteiger partial charge in [-0.25, -0.2) is 19.6 Å². The Morgan fingerprint density at radius 3 is 2.05 bits per heavy atom. The van der Waals surface area contributed by atoms with Crippen molar-refractivity contribution in [3.05, 3.63) is 48.5 Å². The lowest BCUT2D eigenvalue weighted by Crippen LogP contribution is -2.48. The molecule has 0 bridgehead atoms. The van der Waals surface area contributed by atoms with Crippen LogP contribution in [0.4, 0.5) is 32.3 Å². The molecular formula is C22H23F6N5O6. The number of hydrogen-bond donors (Lipinski definition) is 3. The second-order valence-corrected chi connectivity index (χ2v) is 8.02. The molecular weight excluding hydrogens is 544 g/mol. The van der Waals surface area contributed by atoms with Crippen molar-refractivity contribution < 1.29 is 55.7 Å². The molecule has 3 N–H and O–H groups in total. The fourth-order valence-electron chi connectivity index (χ4n) is 3.61. The molecule has 4 rings (SSSR count). The van der Waals surface area contributed by atoms with Crippen LogP contribution in [0, 0.1) is 0 Å². The monoisotopic (exact) mass is 567 g/mol. The minimum absolute atomic E-state index is 0.0447. The van der Waals surface area contributed by atoms with Crippen molar-refractivity contribution in [2.45, 2.75) is 56.4 Å². The summed E-state index contributed by atoms with van der Waals surface area (Å²) in [5.41, 5.74) is 0.984. The molecule has 214 valence electrons. The van der Waals surface area contributed by atoms with E-state index in [0.29, 0.717) is 13.0 Å². The summed E-state index contributed by atoms with van der Waals surface area (Å²) in [6, 6.07) is 5.88. The first-order valence-electron chi connectivity index (χ1n) is 11.2. The fourth-order valence-corrected chi connectivity index (χ4v) is 3.61. The van der Waals surface area contributed by atoms with Gasteiger partial charge in [0.05, 0.1) is 12.1 Å². The minimum atomic E-state index is -5.08. The zero-order chi connectivity index (χ0) is 29.2. The molecule has 2 aliphatic heterocycles. The molecule has 0 spiro atoms. The number of carboxylic acid groups (broad SMARTS) is 2. The summed E-state index contributed by atoms with van der Waals surface area (Å²) in [7, 11) is 0. The van der Waals surface area contributed by atoms with Gasteiger partial charge in [0.25, 0.3) is 0 Å². The first-order chi connectivity index (χ1) is 18.2. The Balaban J connectivity index is 0.000000317. The van der Waals surface area contributed by atoms with E-state index in [1.807, 2.05) is 18.2 Å². The number of aromatic nitrogens is 3. The van der Waals surface area contributed by atoms with Gasteiger partial charge in [-0.15, -0.1) is 0 Å². The molecule has 2 saturated heterocycles. The number of anilines is 1. The number of carbonyl (C=O) groups excluding carboxylic acids is 1. The molecule has 0 unspecified atom stereocenters. The Bertz CT molecular complexity index is 1070. The van der Waals surface area contributed by atoms with Gasteiger partial charge in [0.1, 0.15) is 6.10 Å². The van der Waals surface area contributed by atoms with E-state index < -0.39 is 24.3 Å². The number of fused-ring (bicyclic) bond motifs is 1. The van der Waals surface area contributed by atoms with Gasteiger partial charge in [0.2, 0.25) is 11.9 Å². The van der Waals surface area contributed by atoms with Crippen molar-refractivity contribution in [2.75, 3.05) is 11.4 Å². The smallest absolute Gasteiger partial charge is 0.475 e. The van der Waals surface area contributed by atoms with Gasteiger partial charge in [-0.05, 0) is 37.0 Å². The highest BCUT2D eigenvalue weighted by molar-refractivity contribution is 5.81. The zero-order valence-corrected chi connectivity index (χ0v) is 19.9. The Morgan fingerprint density at radius 2 is 1.54 bits per heavy atom. The number of carbonyl (C=O) groups is 3. The molecule has 0 aromatic carbocycles. The van der Waals surface area contributed by atoms with Crippen LogP contribution in [0.5, 0.6) is 0 Å². The van der Waals surface area contributed by atoms with Crippen molar-refractivity contribution >= 4 is 23.8 Å². The molecule has 1 amide bonds. The maximum atomic E-state index is 12.4. The van der Waals surface area contributed by atoms with Crippen molar-refractivity contribution in [2.24, 2.45) is 0 Å². The number of aliphatic carboxylic acids is 2. The number of pyridine rings is 1. The summed E-state index contributed by atoms with van der Waals surface area (Å²) in [4.78, 5) is 45.2. The summed E-state index contributed by atoms with van der Waals surface area (Å²) in [6.07, 6.45) is -0.972. The van der Waals surface area contributed by atoms with Crippen LogP contribution in [0.25, 0.3) is 0 Å². The van der Waals surface area contributed by atoms with E-state index in [4.69, 9.17) is 24.5 Å². The molecule has 2 aliphatic rings. The van der Waals surface area contributed by atoms with E-state index in [-0.39, 0.29) is 24.2 Å². The van der Waals surface area contributed by atoms with Crippen LogP contribution in [-0.2, 0) is 25.7 Å². The van der Waals surface area contributed by atoms with Gasteiger partial charge in [-0.2, -0.15) is 26.3 Å². The molecule has 3 atom stereocenters. The maximum Gasteiger partial charge on any atom is 0.490 e. The van der Waals surface area contributed by atoms with E-state index in [0.717, 1.165) is 30.9 Å². The number of nitrogens with zero attached hydrogens (tertiary/aromatic N) is 4. The molecule has 0 aliphatic carbocycles. The molecule has 2 aromatic heterocycles. The van der Waals surface area contributed by atoms with Crippen molar-refractivity contribution in [1.82, 2.24) is 20.3 Å². The van der Waals surface area contributed by atoms with E-state index >= 15 is 0 Å². The second-order valence-electron chi connectivity index (χ2n) is 8.02. The van der Waals surface area contributed by atoms with Gasteiger partial charge < -0.3 is 25.2 Å². The largest absolute Gasteiger partial charge is 0.490 e. The quantitative estimate of drug-likeness (QED) is 0.470. The van der Waals surface area contributed by atoms with Gasteiger partial charge in [0.15, 0.2) is 0 Å². The fraction of sp³-hybridized carbons (Fsp3) is 0.455. The third-order valence-corrected chi connectivity index (χ3v) is 5.32. The Labute approximate surface area is 216 Å². The average Bonchev–Trinajstić information content (AvgIpc) is 3.31. The first kappa shape index (κ1) is 31.2. The lowest BCUT2D eigenvalue weighted by molar-refractivity contribution is -0.193. The average molecular weight is 567 g/mol. The molecule has 0 radical (unpaired) electrons. The Hall–Kier alpha value is -4.02. The molecule has 17 heteroatoms. The zero-order valence-electron chi connectivity index (χ0n) is 19.9. The summed E-state index contributed by atoms with van der Waals surface area (Å²) in [6.45, 7) is 1.34. The number of rotatable bonds is 4. The molecule has 0 saturated carbocycles. The molecule has 2 aromatic rings.